The zero-order valence-corrected chi connectivity index (χ0v) is 16.5. The number of benzene rings is 2. The van der Waals surface area contributed by atoms with E-state index in [2.05, 4.69) is 22.4 Å². The van der Waals surface area contributed by atoms with Crippen LogP contribution < -0.4 is 0 Å². The largest absolute Gasteiger partial charge is 0.374 e. The molecule has 3 aromatic rings. The van der Waals surface area contributed by atoms with Gasteiger partial charge in [-0.2, -0.15) is 0 Å². The van der Waals surface area contributed by atoms with Crippen LogP contribution in [0.1, 0.15) is 32.3 Å². The Morgan fingerprint density at radius 3 is 2.64 bits per heavy atom. The van der Waals surface area contributed by atoms with Crippen molar-refractivity contribution in [3.05, 3.63) is 60.2 Å². The molecule has 28 heavy (non-hydrogen) atoms. The van der Waals surface area contributed by atoms with Gasteiger partial charge < -0.3 is 14.2 Å². The van der Waals surface area contributed by atoms with E-state index in [9.17, 15) is 0 Å². The third kappa shape index (κ3) is 4.76. The van der Waals surface area contributed by atoms with Crippen molar-refractivity contribution in [2.75, 3.05) is 6.61 Å². The van der Waals surface area contributed by atoms with Gasteiger partial charge in [0.2, 0.25) is 0 Å². The lowest BCUT2D eigenvalue weighted by Gasteiger charge is -2.40. The molecule has 0 N–H and O–H groups in total. The van der Waals surface area contributed by atoms with E-state index < -0.39 is 5.79 Å². The predicted molar refractivity (Wildman–Crippen MR) is 107 cm³/mol. The second kappa shape index (κ2) is 8.39. The van der Waals surface area contributed by atoms with Gasteiger partial charge in [0, 0.05) is 13.0 Å². The van der Waals surface area contributed by atoms with Crippen molar-refractivity contribution in [2.24, 2.45) is 0 Å². The Bertz CT molecular complexity index is 894. The summed E-state index contributed by atoms with van der Waals surface area (Å²) in [5.74, 6) is -0.617. The molecule has 2 atom stereocenters. The quantitative estimate of drug-likeness (QED) is 0.620. The van der Waals surface area contributed by atoms with Crippen molar-refractivity contribution < 1.29 is 14.2 Å². The summed E-state index contributed by atoms with van der Waals surface area (Å²) in [5, 5.41) is 8.50. The van der Waals surface area contributed by atoms with Crippen molar-refractivity contribution in [3.63, 3.8) is 0 Å². The average molecular weight is 381 g/mol. The van der Waals surface area contributed by atoms with E-state index in [1.807, 2.05) is 61.0 Å². The van der Waals surface area contributed by atoms with E-state index in [-0.39, 0.29) is 12.2 Å². The van der Waals surface area contributed by atoms with Crippen LogP contribution in [0.5, 0.6) is 0 Å². The van der Waals surface area contributed by atoms with E-state index in [1.54, 1.807) is 0 Å². The first-order valence-electron chi connectivity index (χ1n) is 9.85. The number of hydrogen-bond acceptors (Lipinski definition) is 5. The van der Waals surface area contributed by atoms with Crippen LogP contribution in [0.15, 0.2) is 54.6 Å². The second-order valence-corrected chi connectivity index (χ2v) is 7.71. The number of ether oxygens (including phenoxy) is 3. The smallest absolute Gasteiger partial charge is 0.163 e. The van der Waals surface area contributed by atoms with Gasteiger partial charge in [-0.1, -0.05) is 47.7 Å². The summed E-state index contributed by atoms with van der Waals surface area (Å²) in [7, 11) is 0. The summed E-state index contributed by atoms with van der Waals surface area (Å²) in [5.41, 5.74) is 3.14. The lowest BCUT2D eigenvalue weighted by atomic mass is 10.1. The fourth-order valence-electron chi connectivity index (χ4n) is 3.73. The number of hydrogen-bond donors (Lipinski definition) is 0. The topological polar surface area (TPSA) is 58.4 Å². The maximum absolute atomic E-state index is 6.14. The highest BCUT2D eigenvalue weighted by Crippen LogP contribution is 2.29. The number of para-hydroxylation sites is 1. The maximum Gasteiger partial charge on any atom is 0.163 e. The predicted octanol–water partition coefficient (Wildman–Crippen LogP) is 3.95. The lowest BCUT2D eigenvalue weighted by molar-refractivity contribution is -0.306. The molecule has 1 aromatic heterocycles. The summed E-state index contributed by atoms with van der Waals surface area (Å²) in [6.07, 6.45) is 1.78. The second-order valence-electron chi connectivity index (χ2n) is 7.71. The molecule has 1 saturated heterocycles. The molecule has 0 unspecified atom stereocenters. The van der Waals surface area contributed by atoms with Crippen molar-refractivity contribution in [1.82, 2.24) is 15.0 Å². The first-order valence-corrected chi connectivity index (χ1v) is 9.85. The Morgan fingerprint density at radius 1 is 1.04 bits per heavy atom. The van der Waals surface area contributed by atoms with E-state index in [4.69, 9.17) is 14.2 Å². The van der Waals surface area contributed by atoms with Gasteiger partial charge in [0.1, 0.15) is 5.52 Å². The molecule has 0 spiro atoms. The summed E-state index contributed by atoms with van der Waals surface area (Å²) in [6, 6.07) is 18.2. The van der Waals surface area contributed by atoms with Crippen molar-refractivity contribution in [3.8, 4) is 0 Å². The van der Waals surface area contributed by atoms with Gasteiger partial charge in [0.05, 0.1) is 30.9 Å². The molecule has 6 nitrogen and oxygen atoms in total. The van der Waals surface area contributed by atoms with Crippen LogP contribution in [0, 0.1) is 0 Å². The fraction of sp³-hybridized carbons (Fsp3) is 0.455. The minimum atomic E-state index is -0.617. The van der Waals surface area contributed by atoms with Crippen molar-refractivity contribution >= 4 is 11.0 Å². The Kier molecular flexibility index (Phi) is 5.71. The van der Waals surface area contributed by atoms with Crippen LogP contribution >= 0.6 is 0 Å². The van der Waals surface area contributed by atoms with Crippen LogP contribution in [-0.2, 0) is 27.4 Å². The Morgan fingerprint density at radius 2 is 1.79 bits per heavy atom. The monoisotopic (exact) mass is 381 g/mol. The first kappa shape index (κ1) is 19.1. The number of aromatic nitrogens is 3. The van der Waals surface area contributed by atoms with E-state index in [0.717, 1.165) is 30.4 Å². The Balaban J connectivity index is 1.32. The highest BCUT2D eigenvalue weighted by atomic mass is 16.7. The van der Waals surface area contributed by atoms with Gasteiger partial charge in [-0.15, -0.1) is 5.10 Å². The normalized spacial score (nSPS) is 21.8. The first-order chi connectivity index (χ1) is 13.6. The number of aryl methyl sites for hydroxylation is 1. The molecule has 1 aliphatic heterocycles. The van der Waals surface area contributed by atoms with E-state index >= 15 is 0 Å². The molecule has 1 fully saturated rings. The molecular weight excluding hydrogens is 354 g/mol. The standard InChI is InChI=1S/C22H27N3O3/c1-22(2)27-18(12-13-25-21-11-7-6-10-20(21)23-24-25)14-19(28-22)16-26-15-17-8-4-3-5-9-17/h3-11,18-19H,12-16H2,1-2H3/t18-,19-/m0/s1. The van der Waals surface area contributed by atoms with E-state index in [0.29, 0.717) is 13.2 Å². The molecule has 2 heterocycles. The number of nitrogens with zero attached hydrogens (tertiary/aromatic N) is 3. The van der Waals surface area contributed by atoms with Gasteiger partial charge in [-0.3, -0.25) is 0 Å². The van der Waals surface area contributed by atoms with Crippen LogP contribution in [0.4, 0.5) is 0 Å². The van der Waals surface area contributed by atoms with Gasteiger partial charge in [0.25, 0.3) is 0 Å². The van der Waals surface area contributed by atoms with Crippen LogP contribution in [0.25, 0.3) is 11.0 Å². The van der Waals surface area contributed by atoms with Gasteiger partial charge in [-0.05, 0) is 38.0 Å². The Hall–Kier alpha value is -2.28. The molecule has 1 aliphatic rings. The minimum Gasteiger partial charge on any atom is -0.374 e. The SMILES string of the molecule is CC1(C)O[C@H](COCc2ccccc2)C[C@H](CCn2nnc3ccccc32)O1. The van der Waals surface area contributed by atoms with Crippen LogP contribution in [0.3, 0.4) is 0 Å². The zero-order chi connectivity index (χ0) is 19.4. The molecule has 0 bridgehead atoms. The van der Waals surface area contributed by atoms with Gasteiger partial charge in [0.15, 0.2) is 5.79 Å². The maximum atomic E-state index is 6.14. The fourth-order valence-corrected chi connectivity index (χ4v) is 3.73. The minimum absolute atomic E-state index is 0.0185. The molecule has 0 aliphatic carbocycles. The highest BCUT2D eigenvalue weighted by molar-refractivity contribution is 5.73. The third-order valence-corrected chi connectivity index (χ3v) is 4.93. The average Bonchev–Trinajstić information content (AvgIpc) is 3.09. The molecule has 148 valence electrons. The number of rotatable bonds is 7. The van der Waals surface area contributed by atoms with Crippen molar-refractivity contribution in [1.29, 1.82) is 0 Å². The summed E-state index contributed by atoms with van der Waals surface area (Å²) < 4.78 is 20.1. The molecule has 6 heteroatoms. The van der Waals surface area contributed by atoms with Crippen LogP contribution in [0.2, 0.25) is 0 Å². The van der Waals surface area contributed by atoms with E-state index in [1.165, 1.54) is 5.56 Å². The zero-order valence-electron chi connectivity index (χ0n) is 16.5. The number of fused-ring (bicyclic) bond motifs is 1. The van der Waals surface area contributed by atoms with Gasteiger partial charge >= 0.3 is 0 Å². The highest BCUT2D eigenvalue weighted by Gasteiger charge is 2.35. The molecular formula is C22H27N3O3. The van der Waals surface area contributed by atoms with Crippen molar-refractivity contribution in [2.45, 2.75) is 57.8 Å². The molecule has 0 saturated carbocycles. The summed E-state index contributed by atoms with van der Waals surface area (Å²) >= 11 is 0. The van der Waals surface area contributed by atoms with Gasteiger partial charge in [-0.25, -0.2) is 4.68 Å². The Labute approximate surface area is 165 Å². The molecule has 2 aromatic carbocycles. The summed E-state index contributed by atoms with van der Waals surface area (Å²) in [6.45, 7) is 5.85. The molecule has 0 amide bonds. The van der Waals surface area contributed by atoms with Crippen LogP contribution in [-0.4, -0.2) is 39.6 Å². The third-order valence-electron chi connectivity index (χ3n) is 4.93. The molecule has 4 rings (SSSR count). The lowest BCUT2D eigenvalue weighted by Crippen LogP contribution is -2.46. The summed E-state index contributed by atoms with van der Waals surface area (Å²) in [4.78, 5) is 0. The molecule has 0 radical (unpaired) electrons.